The van der Waals surface area contributed by atoms with E-state index in [4.69, 9.17) is 0 Å². The number of hydrogen-bond donors (Lipinski definition) is 2. The van der Waals surface area contributed by atoms with Gasteiger partial charge in [-0.3, -0.25) is 10.1 Å². The molecule has 0 atom stereocenters. The highest BCUT2D eigenvalue weighted by atomic mass is 32.2. The molecule has 1 aromatic heterocycles. The van der Waals surface area contributed by atoms with Gasteiger partial charge in [0.05, 0.1) is 5.52 Å². The van der Waals surface area contributed by atoms with Crippen LogP contribution in [0.15, 0.2) is 83.8 Å². The zero-order valence-electron chi connectivity index (χ0n) is 13.8. The topological polar surface area (TPSA) is 41.9 Å². The Morgan fingerprint density at radius 1 is 0.840 bits per heavy atom. The third-order valence-corrected chi connectivity index (χ3v) is 4.74. The lowest BCUT2D eigenvalue weighted by atomic mass is 10.0. The van der Waals surface area contributed by atoms with E-state index < -0.39 is 0 Å². The molecule has 0 aliphatic heterocycles. The highest BCUT2D eigenvalue weighted by Crippen LogP contribution is 2.32. The fourth-order valence-corrected chi connectivity index (χ4v) is 3.46. The third kappa shape index (κ3) is 3.24. The second-order valence-corrected chi connectivity index (χ2v) is 6.56. The molecule has 0 spiro atoms. The molecule has 2 N–H and O–H groups in total. The predicted molar refractivity (Wildman–Crippen MR) is 105 cm³/mol. The van der Waals surface area contributed by atoms with Gasteiger partial charge >= 0.3 is 0 Å². The van der Waals surface area contributed by atoms with Crippen molar-refractivity contribution in [2.75, 3.05) is 5.43 Å². The quantitative estimate of drug-likeness (QED) is 0.400. The van der Waals surface area contributed by atoms with Crippen LogP contribution in [0.25, 0.3) is 22.0 Å². The highest BCUT2D eigenvalue weighted by Gasteiger charge is 2.12. The molecule has 1 heterocycles. The molecule has 0 radical (unpaired) electrons. The maximum absolute atomic E-state index is 4.64. The number of hydrazine groups is 1. The summed E-state index contributed by atoms with van der Waals surface area (Å²) in [5.74, 6) is 0.818. The van der Waals surface area contributed by atoms with Crippen LogP contribution in [0.1, 0.15) is 0 Å². The minimum Gasteiger partial charge on any atom is -0.294 e. The number of aromatic nitrogens is 2. The second kappa shape index (κ2) is 7.01. The minimum absolute atomic E-state index is 0.818. The molecule has 0 fully saturated rings. The lowest BCUT2D eigenvalue weighted by Gasteiger charge is -2.06. The molecule has 4 aromatic rings. The Hall–Kier alpha value is -2.76. The summed E-state index contributed by atoms with van der Waals surface area (Å²) in [5.41, 5.74) is 6.70. The van der Waals surface area contributed by atoms with Crippen molar-refractivity contribution in [1.82, 2.24) is 14.6 Å². The fourth-order valence-electron chi connectivity index (χ4n) is 2.90. The number of fused-ring (bicyclic) bond motifs is 1. The number of rotatable bonds is 5. The van der Waals surface area contributed by atoms with Gasteiger partial charge in [-0.2, -0.15) is 9.93 Å². The molecule has 124 valence electrons. The molecule has 0 unspecified atom stereocenters. The van der Waals surface area contributed by atoms with Crippen LogP contribution in [0, 0.1) is 0 Å². The third-order valence-electron chi connectivity index (χ3n) is 4.03. The van der Waals surface area contributed by atoms with Crippen LogP contribution in [0.2, 0.25) is 0 Å². The summed E-state index contributed by atoms with van der Waals surface area (Å²) in [6.45, 7) is 0. The molecule has 4 rings (SSSR count). The SMILES string of the molecule is Cn1nc(NNSc2ccccc2)c2cccc(-c3ccccc3)c21. The maximum atomic E-state index is 4.64. The standard InChI is InChI=1S/C20H18N4S/c1-24-19-17(15-9-4-2-5-10-15)13-8-14-18(19)20(22-24)21-23-25-16-11-6-3-7-12-16/h2-14,23H,1H3,(H,21,22). The number of hydrogen-bond acceptors (Lipinski definition) is 4. The molecule has 0 saturated heterocycles. The normalized spacial score (nSPS) is 10.9. The van der Waals surface area contributed by atoms with Crippen molar-refractivity contribution in [3.63, 3.8) is 0 Å². The van der Waals surface area contributed by atoms with Gasteiger partial charge in [-0.05, 0) is 35.7 Å². The zero-order valence-corrected chi connectivity index (χ0v) is 14.6. The lowest BCUT2D eigenvalue weighted by molar-refractivity contribution is 0.797. The molecule has 25 heavy (non-hydrogen) atoms. The number of nitrogens with one attached hydrogen (secondary N) is 2. The summed E-state index contributed by atoms with van der Waals surface area (Å²) in [7, 11) is 1.98. The van der Waals surface area contributed by atoms with E-state index in [-0.39, 0.29) is 0 Å². The van der Waals surface area contributed by atoms with E-state index in [1.165, 1.54) is 23.1 Å². The Morgan fingerprint density at radius 3 is 2.32 bits per heavy atom. The zero-order chi connectivity index (χ0) is 17.1. The van der Waals surface area contributed by atoms with Crippen molar-refractivity contribution in [2.24, 2.45) is 7.05 Å². The molecule has 5 heteroatoms. The van der Waals surface area contributed by atoms with E-state index in [1.54, 1.807) is 0 Å². The Morgan fingerprint density at radius 2 is 1.56 bits per heavy atom. The smallest absolute Gasteiger partial charge is 0.170 e. The van der Waals surface area contributed by atoms with Gasteiger partial charge in [0.2, 0.25) is 0 Å². The lowest BCUT2D eigenvalue weighted by Crippen LogP contribution is -2.13. The Kier molecular flexibility index (Phi) is 4.41. The first-order valence-electron chi connectivity index (χ1n) is 8.07. The Bertz CT molecular complexity index is 981. The van der Waals surface area contributed by atoms with Crippen LogP contribution in [0.3, 0.4) is 0 Å². The first-order chi connectivity index (χ1) is 12.3. The first-order valence-corrected chi connectivity index (χ1v) is 8.88. The first kappa shape index (κ1) is 15.7. The van der Waals surface area contributed by atoms with Crippen LogP contribution >= 0.6 is 11.9 Å². The van der Waals surface area contributed by atoms with Crippen LogP contribution in [0.4, 0.5) is 5.82 Å². The molecule has 0 bridgehead atoms. The van der Waals surface area contributed by atoms with E-state index in [9.17, 15) is 0 Å². The van der Waals surface area contributed by atoms with Gasteiger partial charge in [0.25, 0.3) is 0 Å². The van der Waals surface area contributed by atoms with Crippen molar-refractivity contribution >= 4 is 28.7 Å². The Labute approximate surface area is 151 Å². The van der Waals surface area contributed by atoms with Gasteiger partial charge in [0.15, 0.2) is 5.82 Å². The van der Waals surface area contributed by atoms with Crippen molar-refractivity contribution in [3.8, 4) is 11.1 Å². The number of anilines is 1. The fraction of sp³-hybridized carbons (Fsp3) is 0.0500. The molecular formula is C20H18N4S. The van der Waals surface area contributed by atoms with Crippen molar-refractivity contribution in [3.05, 3.63) is 78.9 Å². The minimum atomic E-state index is 0.818. The summed E-state index contributed by atoms with van der Waals surface area (Å²) in [6.07, 6.45) is 0. The van der Waals surface area contributed by atoms with Crippen LogP contribution in [-0.2, 0) is 7.05 Å². The molecule has 0 aliphatic carbocycles. The van der Waals surface area contributed by atoms with Gasteiger partial charge in [0, 0.05) is 22.9 Å². The maximum Gasteiger partial charge on any atom is 0.170 e. The van der Waals surface area contributed by atoms with Crippen molar-refractivity contribution in [1.29, 1.82) is 0 Å². The summed E-state index contributed by atoms with van der Waals surface area (Å²) >= 11 is 1.52. The molecule has 0 amide bonds. The second-order valence-electron chi connectivity index (χ2n) is 5.68. The number of para-hydroxylation sites is 1. The average Bonchev–Trinajstić information content (AvgIpc) is 2.99. The van der Waals surface area contributed by atoms with Crippen molar-refractivity contribution in [2.45, 2.75) is 4.90 Å². The van der Waals surface area contributed by atoms with E-state index in [0.29, 0.717) is 0 Å². The van der Waals surface area contributed by atoms with Gasteiger partial charge in [-0.15, -0.1) is 0 Å². The molecule has 0 aliphatic rings. The van der Waals surface area contributed by atoms with Gasteiger partial charge in [0.1, 0.15) is 0 Å². The van der Waals surface area contributed by atoms with Crippen LogP contribution < -0.4 is 10.3 Å². The van der Waals surface area contributed by atoms with Gasteiger partial charge in [-0.1, -0.05) is 60.7 Å². The average molecular weight is 346 g/mol. The molecule has 0 saturated carbocycles. The summed E-state index contributed by atoms with van der Waals surface area (Å²) in [4.78, 5) is 4.31. The molecule has 3 aromatic carbocycles. The molecular weight excluding hydrogens is 328 g/mol. The van der Waals surface area contributed by atoms with Gasteiger partial charge < -0.3 is 0 Å². The van der Waals surface area contributed by atoms with E-state index >= 15 is 0 Å². The summed E-state index contributed by atoms with van der Waals surface area (Å²) in [5, 5.41) is 5.72. The van der Waals surface area contributed by atoms with Crippen LogP contribution in [0.5, 0.6) is 0 Å². The molecule has 4 nitrogen and oxygen atoms in total. The van der Waals surface area contributed by atoms with Crippen molar-refractivity contribution < 1.29 is 0 Å². The Balaban J connectivity index is 1.63. The highest BCUT2D eigenvalue weighted by molar-refractivity contribution is 7.97. The largest absolute Gasteiger partial charge is 0.294 e. The van der Waals surface area contributed by atoms with Gasteiger partial charge in [-0.25, -0.2) is 0 Å². The summed E-state index contributed by atoms with van der Waals surface area (Å²) in [6, 6.07) is 26.9. The van der Waals surface area contributed by atoms with E-state index in [1.807, 2.05) is 36.0 Å². The number of nitrogens with zero attached hydrogens (tertiary/aromatic N) is 2. The number of benzene rings is 3. The summed E-state index contributed by atoms with van der Waals surface area (Å²) < 4.78 is 1.93. The number of aryl methyl sites for hydroxylation is 1. The predicted octanol–water partition coefficient (Wildman–Crippen LogP) is 4.86. The van der Waals surface area contributed by atoms with Crippen LogP contribution in [-0.4, -0.2) is 9.78 Å². The monoisotopic (exact) mass is 346 g/mol. The van der Waals surface area contributed by atoms with E-state index in [2.05, 4.69) is 70.0 Å². The van der Waals surface area contributed by atoms with E-state index in [0.717, 1.165) is 21.6 Å².